The van der Waals surface area contributed by atoms with Crippen molar-refractivity contribution < 1.29 is 9.53 Å². The monoisotopic (exact) mass is 256 g/mol. The van der Waals surface area contributed by atoms with Crippen molar-refractivity contribution in [1.82, 2.24) is 10.2 Å². The molecule has 0 amide bonds. The second kappa shape index (κ2) is 6.09. The molecule has 0 aliphatic heterocycles. The van der Waals surface area contributed by atoms with Gasteiger partial charge in [-0.25, -0.2) is 0 Å². The molecule has 4 heteroatoms. The summed E-state index contributed by atoms with van der Waals surface area (Å²) in [5.41, 5.74) is 2.38. The van der Waals surface area contributed by atoms with Crippen LogP contribution in [0.3, 0.4) is 0 Å². The standard InChI is InChI=1S/C15H16N2O2/c1-3-11-6-7-15(19-2)13(9-11)14(18)10-12-5-4-8-16-17-12/h4-9H,3,10H2,1-2H3. The highest BCUT2D eigenvalue weighted by atomic mass is 16.5. The number of Topliss-reactive ketones (excluding diaryl/α,β-unsaturated/α-hetero) is 1. The number of aryl methyl sites for hydroxylation is 1. The number of carbonyl (C=O) groups excluding carboxylic acids is 1. The third-order valence-corrected chi connectivity index (χ3v) is 2.94. The summed E-state index contributed by atoms with van der Waals surface area (Å²) in [7, 11) is 1.57. The van der Waals surface area contributed by atoms with E-state index >= 15 is 0 Å². The van der Waals surface area contributed by atoms with Crippen LogP contribution in [0.25, 0.3) is 0 Å². The number of carbonyl (C=O) groups is 1. The highest BCUT2D eigenvalue weighted by Gasteiger charge is 2.14. The van der Waals surface area contributed by atoms with Gasteiger partial charge in [0.25, 0.3) is 0 Å². The van der Waals surface area contributed by atoms with Crippen LogP contribution in [0, 0.1) is 0 Å². The lowest BCUT2D eigenvalue weighted by molar-refractivity contribution is 0.0988. The fraction of sp³-hybridized carbons (Fsp3) is 0.267. The van der Waals surface area contributed by atoms with Gasteiger partial charge < -0.3 is 4.74 Å². The van der Waals surface area contributed by atoms with Crippen LogP contribution in [0.15, 0.2) is 36.5 Å². The molecule has 0 fully saturated rings. The Morgan fingerprint density at radius 1 is 1.32 bits per heavy atom. The van der Waals surface area contributed by atoms with Crippen LogP contribution in [0.5, 0.6) is 5.75 Å². The van der Waals surface area contributed by atoms with Gasteiger partial charge in [0.2, 0.25) is 0 Å². The molecule has 0 aliphatic carbocycles. The SMILES string of the molecule is CCc1ccc(OC)c(C(=O)Cc2cccnn2)c1. The molecule has 1 aromatic carbocycles. The summed E-state index contributed by atoms with van der Waals surface area (Å²) >= 11 is 0. The van der Waals surface area contributed by atoms with Crippen LogP contribution < -0.4 is 4.74 Å². The van der Waals surface area contributed by atoms with Crippen LogP contribution in [-0.4, -0.2) is 23.1 Å². The van der Waals surface area contributed by atoms with Crippen molar-refractivity contribution in [2.24, 2.45) is 0 Å². The second-order valence-corrected chi connectivity index (χ2v) is 4.20. The van der Waals surface area contributed by atoms with E-state index in [1.165, 1.54) is 0 Å². The Morgan fingerprint density at radius 2 is 2.16 bits per heavy atom. The first-order valence-electron chi connectivity index (χ1n) is 6.21. The van der Waals surface area contributed by atoms with E-state index in [2.05, 4.69) is 17.1 Å². The molecule has 0 spiro atoms. The molecule has 2 aromatic rings. The van der Waals surface area contributed by atoms with Crippen molar-refractivity contribution in [1.29, 1.82) is 0 Å². The Labute approximate surface area is 112 Å². The van der Waals surface area contributed by atoms with Gasteiger partial charge in [0.05, 0.1) is 24.8 Å². The summed E-state index contributed by atoms with van der Waals surface area (Å²) in [5.74, 6) is 0.596. The maximum Gasteiger partial charge on any atom is 0.172 e. The Kier molecular flexibility index (Phi) is 4.23. The largest absolute Gasteiger partial charge is 0.496 e. The number of rotatable bonds is 5. The van der Waals surface area contributed by atoms with Gasteiger partial charge in [-0.15, -0.1) is 0 Å². The number of methoxy groups -OCH3 is 1. The van der Waals surface area contributed by atoms with Crippen molar-refractivity contribution in [3.8, 4) is 5.75 Å². The predicted molar refractivity (Wildman–Crippen MR) is 72.4 cm³/mol. The first kappa shape index (κ1) is 13.2. The molecule has 2 rings (SSSR count). The van der Waals surface area contributed by atoms with E-state index in [-0.39, 0.29) is 12.2 Å². The quantitative estimate of drug-likeness (QED) is 0.771. The van der Waals surface area contributed by atoms with Gasteiger partial charge in [-0.2, -0.15) is 10.2 Å². The molecule has 0 radical (unpaired) electrons. The topological polar surface area (TPSA) is 52.1 Å². The number of benzene rings is 1. The van der Waals surface area contributed by atoms with Gasteiger partial charge in [-0.1, -0.05) is 13.0 Å². The normalized spacial score (nSPS) is 10.2. The number of nitrogens with zero attached hydrogens (tertiary/aromatic N) is 2. The zero-order valence-electron chi connectivity index (χ0n) is 11.1. The minimum atomic E-state index is -0.00681. The molecule has 1 heterocycles. The fourth-order valence-electron chi connectivity index (χ4n) is 1.88. The summed E-state index contributed by atoms with van der Waals surface area (Å²) in [6, 6.07) is 9.26. The van der Waals surface area contributed by atoms with E-state index < -0.39 is 0 Å². The van der Waals surface area contributed by atoms with Crippen molar-refractivity contribution >= 4 is 5.78 Å². The summed E-state index contributed by atoms with van der Waals surface area (Å²) in [6.07, 6.45) is 2.71. The molecule has 0 aliphatic rings. The van der Waals surface area contributed by atoms with Crippen molar-refractivity contribution in [3.05, 3.63) is 53.3 Å². The Hall–Kier alpha value is -2.23. The highest BCUT2D eigenvalue weighted by Crippen LogP contribution is 2.21. The minimum Gasteiger partial charge on any atom is -0.496 e. The lowest BCUT2D eigenvalue weighted by atomic mass is 10.0. The van der Waals surface area contributed by atoms with Crippen LogP contribution in [0.4, 0.5) is 0 Å². The molecule has 4 nitrogen and oxygen atoms in total. The van der Waals surface area contributed by atoms with E-state index in [0.717, 1.165) is 12.0 Å². The Morgan fingerprint density at radius 3 is 2.79 bits per heavy atom. The Bertz CT molecular complexity index is 568. The maximum atomic E-state index is 12.3. The zero-order chi connectivity index (χ0) is 13.7. The molecule has 0 atom stereocenters. The lowest BCUT2D eigenvalue weighted by Gasteiger charge is -2.09. The van der Waals surface area contributed by atoms with Crippen molar-refractivity contribution in [3.63, 3.8) is 0 Å². The molecular weight excluding hydrogens is 240 g/mol. The number of aromatic nitrogens is 2. The maximum absolute atomic E-state index is 12.3. The van der Waals surface area contributed by atoms with Crippen LogP contribution in [0.1, 0.15) is 28.5 Å². The minimum absolute atomic E-state index is 0.00681. The summed E-state index contributed by atoms with van der Waals surface area (Å²) < 4.78 is 5.25. The van der Waals surface area contributed by atoms with Gasteiger partial charge >= 0.3 is 0 Å². The molecule has 19 heavy (non-hydrogen) atoms. The molecule has 98 valence electrons. The smallest absolute Gasteiger partial charge is 0.172 e. The fourth-order valence-corrected chi connectivity index (χ4v) is 1.88. The summed E-state index contributed by atoms with van der Waals surface area (Å²) in [5, 5.41) is 7.70. The van der Waals surface area contributed by atoms with E-state index in [0.29, 0.717) is 17.0 Å². The lowest BCUT2D eigenvalue weighted by Crippen LogP contribution is -2.08. The first-order chi connectivity index (χ1) is 9.24. The van der Waals surface area contributed by atoms with Crippen molar-refractivity contribution in [2.75, 3.05) is 7.11 Å². The van der Waals surface area contributed by atoms with E-state index in [1.807, 2.05) is 18.2 Å². The summed E-state index contributed by atoms with van der Waals surface area (Å²) in [6.45, 7) is 2.05. The van der Waals surface area contributed by atoms with Gasteiger partial charge in [0, 0.05) is 6.20 Å². The van der Waals surface area contributed by atoms with Gasteiger partial charge in [-0.05, 0) is 36.2 Å². The molecule has 0 bridgehead atoms. The van der Waals surface area contributed by atoms with Gasteiger partial charge in [-0.3, -0.25) is 4.79 Å². The molecule has 0 saturated heterocycles. The van der Waals surface area contributed by atoms with E-state index in [4.69, 9.17) is 4.74 Å². The van der Waals surface area contributed by atoms with Gasteiger partial charge in [0.15, 0.2) is 5.78 Å². The second-order valence-electron chi connectivity index (χ2n) is 4.20. The summed E-state index contributed by atoms with van der Waals surface area (Å²) in [4.78, 5) is 12.3. The third kappa shape index (κ3) is 3.16. The van der Waals surface area contributed by atoms with Crippen molar-refractivity contribution in [2.45, 2.75) is 19.8 Å². The predicted octanol–water partition coefficient (Wildman–Crippen LogP) is 2.47. The number of hydrogen-bond donors (Lipinski definition) is 0. The number of ether oxygens (including phenoxy) is 1. The molecule has 1 aromatic heterocycles. The average molecular weight is 256 g/mol. The molecular formula is C15H16N2O2. The zero-order valence-corrected chi connectivity index (χ0v) is 11.1. The van der Waals surface area contributed by atoms with Crippen LogP contribution in [-0.2, 0) is 12.8 Å². The average Bonchev–Trinajstić information content (AvgIpc) is 2.47. The third-order valence-electron chi connectivity index (χ3n) is 2.94. The van der Waals surface area contributed by atoms with E-state index in [1.54, 1.807) is 25.4 Å². The number of ketones is 1. The van der Waals surface area contributed by atoms with Gasteiger partial charge in [0.1, 0.15) is 5.75 Å². The molecule has 0 saturated carbocycles. The first-order valence-corrected chi connectivity index (χ1v) is 6.21. The molecule has 0 unspecified atom stereocenters. The Balaban J connectivity index is 2.27. The highest BCUT2D eigenvalue weighted by molar-refractivity contribution is 6.00. The molecule has 0 N–H and O–H groups in total. The van der Waals surface area contributed by atoms with E-state index in [9.17, 15) is 4.79 Å². The number of hydrogen-bond acceptors (Lipinski definition) is 4. The van der Waals surface area contributed by atoms with Crippen LogP contribution >= 0.6 is 0 Å². The van der Waals surface area contributed by atoms with Crippen LogP contribution in [0.2, 0.25) is 0 Å².